The molecule has 0 spiro atoms. The molecule has 0 atom stereocenters. The van der Waals surface area contributed by atoms with Gasteiger partial charge in [-0.1, -0.05) is 72.8 Å². The van der Waals surface area contributed by atoms with Crippen molar-refractivity contribution in [3.05, 3.63) is 115 Å². The molecule has 5 aromatic carbocycles. The number of anilines is 3. The fourth-order valence-corrected chi connectivity index (χ4v) is 3.80. The van der Waals surface area contributed by atoms with Crippen molar-refractivity contribution in [3.8, 4) is 0 Å². The summed E-state index contributed by atoms with van der Waals surface area (Å²) in [5.74, 6) is -0.237. The van der Waals surface area contributed by atoms with Gasteiger partial charge >= 0.3 is 0 Å². The van der Waals surface area contributed by atoms with Crippen molar-refractivity contribution in [2.24, 2.45) is 0 Å². The van der Waals surface area contributed by atoms with Crippen molar-refractivity contribution >= 4 is 38.6 Å². The van der Waals surface area contributed by atoms with Crippen LogP contribution in [0.4, 0.5) is 21.5 Å². The zero-order valence-electron chi connectivity index (χ0n) is 15.2. The molecule has 0 aliphatic rings. The molecule has 0 N–H and O–H groups in total. The first kappa shape index (κ1) is 16.5. The molecule has 1 nitrogen and oxygen atoms in total. The van der Waals surface area contributed by atoms with Crippen LogP contribution in [0, 0.1) is 5.82 Å². The molecule has 0 fully saturated rings. The van der Waals surface area contributed by atoms with Gasteiger partial charge in [-0.2, -0.15) is 0 Å². The summed E-state index contributed by atoms with van der Waals surface area (Å²) in [6, 6.07) is 36.0. The van der Waals surface area contributed by atoms with E-state index in [2.05, 4.69) is 77.7 Å². The minimum absolute atomic E-state index is 0.237. The number of hydrogen-bond acceptors (Lipinski definition) is 1. The van der Waals surface area contributed by atoms with Gasteiger partial charge in [0.15, 0.2) is 0 Å². The van der Waals surface area contributed by atoms with Crippen LogP contribution in [-0.4, -0.2) is 0 Å². The number of halogens is 1. The van der Waals surface area contributed by atoms with Crippen LogP contribution in [0.5, 0.6) is 0 Å². The van der Waals surface area contributed by atoms with Gasteiger partial charge in [-0.3, -0.25) is 0 Å². The van der Waals surface area contributed by atoms with Gasteiger partial charge in [0.1, 0.15) is 5.82 Å². The molecule has 28 heavy (non-hydrogen) atoms. The Kier molecular flexibility index (Phi) is 4.02. The molecule has 0 aliphatic carbocycles. The molecule has 0 bridgehead atoms. The Morgan fingerprint density at radius 1 is 0.464 bits per heavy atom. The Morgan fingerprint density at radius 2 is 0.929 bits per heavy atom. The van der Waals surface area contributed by atoms with Crippen molar-refractivity contribution in [3.63, 3.8) is 0 Å². The van der Waals surface area contributed by atoms with Crippen molar-refractivity contribution in [2.75, 3.05) is 4.90 Å². The van der Waals surface area contributed by atoms with Gasteiger partial charge < -0.3 is 4.90 Å². The molecule has 2 heteroatoms. The molecule has 134 valence electrons. The van der Waals surface area contributed by atoms with E-state index in [0.29, 0.717) is 0 Å². The molecular weight excluding hydrogens is 345 g/mol. The summed E-state index contributed by atoms with van der Waals surface area (Å²) in [4.78, 5) is 2.21. The van der Waals surface area contributed by atoms with Gasteiger partial charge in [0.25, 0.3) is 0 Å². The fraction of sp³-hybridized carbons (Fsp3) is 0. The van der Waals surface area contributed by atoms with Crippen LogP contribution in [0.2, 0.25) is 0 Å². The molecule has 0 unspecified atom stereocenters. The standard InChI is InChI=1S/C26H18FN/c27-21-15-17-22(18-16-21)28(25-13-5-9-19-7-1-3-11-23(19)25)26-14-6-10-20-8-2-4-12-24(20)26/h1-18H. The smallest absolute Gasteiger partial charge is 0.123 e. The summed E-state index contributed by atoms with van der Waals surface area (Å²) in [6.07, 6.45) is 0. The summed E-state index contributed by atoms with van der Waals surface area (Å²) in [6.45, 7) is 0. The van der Waals surface area contributed by atoms with Crippen molar-refractivity contribution in [1.82, 2.24) is 0 Å². The average molecular weight is 363 g/mol. The molecule has 0 radical (unpaired) electrons. The first-order chi connectivity index (χ1) is 13.8. The lowest BCUT2D eigenvalue weighted by molar-refractivity contribution is 0.628. The molecule has 5 rings (SSSR count). The summed E-state index contributed by atoms with van der Waals surface area (Å²) in [7, 11) is 0. The minimum Gasteiger partial charge on any atom is -0.309 e. The van der Waals surface area contributed by atoms with E-state index in [1.165, 1.54) is 22.9 Å². The minimum atomic E-state index is -0.237. The van der Waals surface area contributed by atoms with Crippen molar-refractivity contribution in [2.45, 2.75) is 0 Å². The molecule has 0 aliphatic heterocycles. The average Bonchev–Trinajstić information content (AvgIpc) is 2.75. The molecule has 0 aromatic heterocycles. The van der Waals surface area contributed by atoms with E-state index in [9.17, 15) is 4.39 Å². The van der Waals surface area contributed by atoms with Gasteiger partial charge in [0.05, 0.1) is 11.4 Å². The first-order valence-electron chi connectivity index (χ1n) is 9.32. The van der Waals surface area contributed by atoms with Gasteiger partial charge in [-0.05, 0) is 47.2 Å². The van der Waals surface area contributed by atoms with E-state index < -0.39 is 0 Å². The van der Waals surface area contributed by atoms with E-state index in [0.717, 1.165) is 27.8 Å². The second-order valence-corrected chi connectivity index (χ2v) is 6.81. The number of rotatable bonds is 3. The molecule has 0 amide bonds. The highest BCUT2D eigenvalue weighted by Gasteiger charge is 2.17. The second kappa shape index (κ2) is 6.82. The number of hydrogen-bond donors (Lipinski definition) is 0. The highest BCUT2D eigenvalue weighted by molar-refractivity contribution is 6.04. The maximum Gasteiger partial charge on any atom is 0.123 e. The predicted molar refractivity (Wildman–Crippen MR) is 116 cm³/mol. The molecule has 0 heterocycles. The fourth-order valence-electron chi connectivity index (χ4n) is 3.80. The van der Waals surface area contributed by atoms with E-state index in [1.807, 2.05) is 24.3 Å². The normalized spacial score (nSPS) is 11.0. The number of fused-ring (bicyclic) bond motifs is 2. The van der Waals surface area contributed by atoms with Crippen LogP contribution < -0.4 is 4.90 Å². The summed E-state index contributed by atoms with van der Waals surface area (Å²) < 4.78 is 13.6. The van der Waals surface area contributed by atoms with Crippen molar-refractivity contribution in [1.29, 1.82) is 0 Å². The summed E-state index contributed by atoms with van der Waals surface area (Å²) in [5.41, 5.74) is 3.07. The zero-order chi connectivity index (χ0) is 18.9. The highest BCUT2D eigenvalue weighted by atomic mass is 19.1. The largest absolute Gasteiger partial charge is 0.309 e. The molecular formula is C26H18FN. The second-order valence-electron chi connectivity index (χ2n) is 6.81. The maximum atomic E-state index is 13.6. The van der Waals surface area contributed by atoms with E-state index in [4.69, 9.17) is 0 Å². The monoisotopic (exact) mass is 363 g/mol. The van der Waals surface area contributed by atoms with Crippen LogP contribution in [-0.2, 0) is 0 Å². The van der Waals surface area contributed by atoms with E-state index in [1.54, 1.807) is 0 Å². The quantitative estimate of drug-likeness (QED) is 0.319. The van der Waals surface area contributed by atoms with Crippen LogP contribution in [0.25, 0.3) is 21.5 Å². The van der Waals surface area contributed by atoms with Gasteiger partial charge in [0, 0.05) is 16.5 Å². The zero-order valence-corrected chi connectivity index (χ0v) is 15.2. The van der Waals surface area contributed by atoms with Crippen LogP contribution in [0.3, 0.4) is 0 Å². The maximum absolute atomic E-state index is 13.6. The van der Waals surface area contributed by atoms with Crippen LogP contribution in [0.1, 0.15) is 0 Å². The van der Waals surface area contributed by atoms with Crippen LogP contribution in [0.15, 0.2) is 109 Å². The SMILES string of the molecule is Fc1ccc(N(c2cccc3ccccc23)c2cccc3ccccc23)cc1. The first-order valence-corrected chi connectivity index (χ1v) is 9.32. The van der Waals surface area contributed by atoms with E-state index in [-0.39, 0.29) is 5.82 Å². The highest BCUT2D eigenvalue weighted by Crippen LogP contribution is 2.41. The Bertz CT molecular complexity index is 1180. The molecule has 0 saturated heterocycles. The Balaban J connectivity index is 1.84. The van der Waals surface area contributed by atoms with Gasteiger partial charge in [-0.15, -0.1) is 0 Å². The lowest BCUT2D eigenvalue weighted by atomic mass is 10.0. The van der Waals surface area contributed by atoms with Gasteiger partial charge in [-0.25, -0.2) is 4.39 Å². The van der Waals surface area contributed by atoms with E-state index >= 15 is 0 Å². The Hall–Kier alpha value is -3.65. The predicted octanol–water partition coefficient (Wildman–Crippen LogP) is 7.60. The third-order valence-electron chi connectivity index (χ3n) is 5.10. The Labute approximate surface area is 163 Å². The number of benzene rings is 5. The third-order valence-corrected chi connectivity index (χ3v) is 5.10. The lowest BCUT2D eigenvalue weighted by Gasteiger charge is -2.28. The molecule has 0 saturated carbocycles. The molecule has 5 aromatic rings. The number of nitrogens with zero attached hydrogens (tertiary/aromatic N) is 1. The van der Waals surface area contributed by atoms with Gasteiger partial charge in [0.2, 0.25) is 0 Å². The van der Waals surface area contributed by atoms with Crippen molar-refractivity contribution < 1.29 is 4.39 Å². The Morgan fingerprint density at radius 3 is 1.46 bits per heavy atom. The van der Waals surface area contributed by atoms with Crippen LogP contribution >= 0.6 is 0 Å². The summed E-state index contributed by atoms with van der Waals surface area (Å²) >= 11 is 0. The summed E-state index contributed by atoms with van der Waals surface area (Å²) in [5, 5.41) is 4.66. The lowest BCUT2D eigenvalue weighted by Crippen LogP contribution is -2.11. The third kappa shape index (κ3) is 2.80. The topological polar surface area (TPSA) is 3.24 Å².